The number of hydrogen-bond donors (Lipinski definition) is 2. The molecule has 1 atom stereocenters. The number of H-pyrrole nitrogens is 1. The molecule has 6 rings (SSSR count). The van der Waals surface area contributed by atoms with Crippen LogP contribution in [-0.4, -0.2) is 25.2 Å². The number of benzene rings is 2. The number of aromatic nitrogens is 3. The van der Waals surface area contributed by atoms with Crippen molar-refractivity contribution in [2.24, 2.45) is 7.05 Å². The molecule has 1 unspecified atom stereocenters. The fourth-order valence-corrected chi connectivity index (χ4v) is 4.83. The van der Waals surface area contributed by atoms with E-state index in [9.17, 15) is 19.5 Å². The molecule has 10 heteroatoms. The molecule has 35 heavy (non-hydrogen) atoms. The fraction of sp³-hybridized carbons (Fsp3) is 0.0800. The smallest absolute Gasteiger partial charge is 0.335 e. The molecular weight excluding hydrogens is 518 g/mol. The van der Waals surface area contributed by atoms with Crippen LogP contribution in [0.1, 0.15) is 27.9 Å². The SMILES string of the molecule is Cn1c(=O)[nH]c2c3n(c(-c4ccccc4)c2c1=O)-c1cc(C(=O)O)ccc1OC3c1ccc(Br)o1. The Kier molecular flexibility index (Phi) is 4.61. The van der Waals surface area contributed by atoms with Gasteiger partial charge in [-0.15, -0.1) is 0 Å². The van der Waals surface area contributed by atoms with Crippen LogP contribution >= 0.6 is 15.9 Å². The van der Waals surface area contributed by atoms with Gasteiger partial charge in [-0.25, -0.2) is 9.59 Å². The van der Waals surface area contributed by atoms with E-state index >= 15 is 0 Å². The van der Waals surface area contributed by atoms with Crippen molar-refractivity contribution in [3.8, 4) is 22.7 Å². The van der Waals surface area contributed by atoms with Crippen LogP contribution in [0.4, 0.5) is 0 Å². The van der Waals surface area contributed by atoms with Gasteiger partial charge in [0.1, 0.15) is 5.75 Å². The van der Waals surface area contributed by atoms with Gasteiger partial charge in [-0.1, -0.05) is 30.3 Å². The number of nitrogens with one attached hydrogen (secondary N) is 1. The largest absolute Gasteiger partial charge is 0.478 e. The molecule has 3 aromatic heterocycles. The van der Waals surface area contributed by atoms with Gasteiger partial charge in [0.2, 0.25) is 0 Å². The molecule has 1 aliphatic rings. The van der Waals surface area contributed by atoms with Gasteiger partial charge in [0.25, 0.3) is 5.56 Å². The number of rotatable bonds is 3. The van der Waals surface area contributed by atoms with Crippen LogP contribution in [-0.2, 0) is 7.05 Å². The summed E-state index contributed by atoms with van der Waals surface area (Å²) in [5.41, 5.74) is 1.37. The number of aromatic amines is 1. The van der Waals surface area contributed by atoms with Crippen LogP contribution in [0.3, 0.4) is 0 Å². The molecule has 0 fully saturated rings. The predicted octanol–water partition coefficient (Wildman–Crippen LogP) is 4.22. The predicted molar refractivity (Wildman–Crippen MR) is 130 cm³/mol. The average molecular weight is 534 g/mol. The highest BCUT2D eigenvalue weighted by atomic mass is 79.9. The molecule has 4 heterocycles. The van der Waals surface area contributed by atoms with E-state index in [-0.39, 0.29) is 10.9 Å². The first-order valence-corrected chi connectivity index (χ1v) is 11.4. The Morgan fingerprint density at radius 3 is 2.54 bits per heavy atom. The molecule has 0 saturated carbocycles. The molecule has 5 aromatic rings. The highest BCUT2D eigenvalue weighted by Gasteiger charge is 2.37. The first kappa shape index (κ1) is 21.2. The van der Waals surface area contributed by atoms with Crippen molar-refractivity contribution in [1.29, 1.82) is 0 Å². The summed E-state index contributed by atoms with van der Waals surface area (Å²) in [6.45, 7) is 0. The molecule has 2 N–H and O–H groups in total. The van der Waals surface area contributed by atoms with Gasteiger partial charge in [-0.3, -0.25) is 9.36 Å². The number of furan rings is 1. The first-order valence-electron chi connectivity index (χ1n) is 10.6. The number of ether oxygens (including phenoxy) is 1. The molecule has 2 aromatic carbocycles. The van der Waals surface area contributed by atoms with E-state index in [2.05, 4.69) is 20.9 Å². The van der Waals surface area contributed by atoms with E-state index in [4.69, 9.17) is 9.15 Å². The second-order valence-electron chi connectivity index (χ2n) is 8.11. The molecule has 0 aliphatic carbocycles. The second-order valence-corrected chi connectivity index (χ2v) is 8.89. The number of carbonyl (C=O) groups is 1. The van der Waals surface area contributed by atoms with Crippen LogP contribution in [0, 0.1) is 0 Å². The topological polar surface area (TPSA) is 119 Å². The van der Waals surface area contributed by atoms with E-state index < -0.39 is 23.3 Å². The molecule has 1 aliphatic heterocycles. The molecule has 0 amide bonds. The third kappa shape index (κ3) is 3.10. The molecule has 0 bridgehead atoms. The van der Waals surface area contributed by atoms with E-state index in [1.54, 1.807) is 22.8 Å². The summed E-state index contributed by atoms with van der Waals surface area (Å²) >= 11 is 3.31. The lowest BCUT2D eigenvalue weighted by molar-refractivity contribution is 0.0696. The number of hydrogen-bond acceptors (Lipinski definition) is 5. The summed E-state index contributed by atoms with van der Waals surface area (Å²) in [6, 6.07) is 17.2. The minimum Gasteiger partial charge on any atom is -0.478 e. The quantitative estimate of drug-likeness (QED) is 0.358. The normalized spacial score (nSPS) is 14.4. The van der Waals surface area contributed by atoms with E-state index in [1.807, 2.05) is 30.3 Å². The minimum atomic E-state index is -1.10. The number of carboxylic acid groups (broad SMARTS) is 1. The summed E-state index contributed by atoms with van der Waals surface area (Å²) in [7, 11) is 1.40. The third-order valence-corrected chi connectivity index (χ3v) is 6.53. The van der Waals surface area contributed by atoms with Crippen molar-refractivity contribution in [3.05, 3.63) is 103 Å². The van der Waals surface area contributed by atoms with Crippen molar-refractivity contribution in [2.75, 3.05) is 0 Å². The Hall–Kier alpha value is -4.31. The van der Waals surface area contributed by atoms with Crippen molar-refractivity contribution >= 4 is 32.8 Å². The first-order chi connectivity index (χ1) is 16.8. The lowest BCUT2D eigenvalue weighted by Gasteiger charge is -2.28. The minimum absolute atomic E-state index is 0.0515. The summed E-state index contributed by atoms with van der Waals surface area (Å²) in [5, 5.41) is 9.92. The van der Waals surface area contributed by atoms with Gasteiger partial charge in [0.05, 0.1) is 33.5 Å². The van der Waals surface area contributed by atoms with Crippen LogP contribution in [0.2, 0.25) is 0 Å². The lowest BCUT2D eigenvalue weighted by Crippen LogP contribution is -2.32. The Morgan fingerprint density at radius 2 is 1.86 bits per heavy atom. The zero-order chi connectivity index (χ0) is 24.4. The number of halogens is 1. The number of fused-ring (bicyclic) bond motifs is 5. The number of carboxylic acids is 1. The van der Waals surface area contributed by atoms with Gasteiger partial charge in [-0.2, -0.15) is 0 Å². The Bertz CT molecular complexity index is 1780. The Morgan fingerprint density at radius 1 is 1.09 bits per heavy atom. The molecule has 9 nitrogen and oxygen atoms in total. The van der Waals surface area contributed by atoms with Crippen LogP contribution in [0.15, 0.2) is 79.3 Å². The maximum absolute atomic E-state index is 13.5. The number of aromatic carboxylic acids is 1. The molecule has 0 radical (unpaired) electrons. The zero-order valence-corrected chi connectivity index (χ0v) is 19.7. The van der Waals surface area contributed by atoms with Crippen LogP contribution in [0.25, 0.3) is 27.8 Å². The van der Waals surface area contributed by atoms with Gasteiger partial charge >= 0.3 is 11.7 Å². The van der Waals surface area contributed by atoms with Gasteiger partial charge in [0, 0.05) is 7.05 Å². The van der Waals surface area contributed by atoms with Crippen molar-refractivity contribution in [3.63, 3.8) is 0 Å². The van der Waals surface area contributed by atoms with Gasteiger partial charge in [-0.05, 0) is 51.8 Å². The lowest BCUT2D eigenvalue weighted by atomic mass is 10.1. The fourth-order valence-electron chi connectivity index (χ4n) is 4.51. The summed E-state index contributed by atoms with van der Waals surface area (Å²) < 4.78 is 15.4. The maximum atomic E-state index is 13.5. The molecule has 0 spiro atoms. The standard InChI is InChI=1S/C25H16BrN3O6/c1-28-23(30)18-19(27-25(28)33)21-22(16-9-10-17(26)34-16)35-15-8-7-13(24(31)32)11-14(15)29(21)20(18)12-5-3-2-4-6-12/h2-11,22H,1H3,(H,27,33)(H,31,32). The van der Waals surface area contributed by atoms with E-state index in [0.29, 0.717) is 44.3 Å². The van der Waals surface area contributed by atoms with Crippen LogP contribution < -0.4 is 16.0 Å². The van der Waals surface area contributed by atoms with Crippen LogP contribution in [0.5, 0.6) is 5.75 Å². The van der Waals surface area contributed by atoms with Gasteiger partial charge in [0.15, 0.2) is 16.5 Å². The Balaban J connectivity index is 1.84. The van der Waals surface area contributed by atoms with Crippen molar-refractivity contribution in [1.82, 2.24) is 14.1 Å². The summed E-state index contributed by atoms with van der Waals surface area (Å²) in [6.07, 6.45) is -0.827. The summed E-state index contributed by atoms with van der Waals surface area (Å²) in [4.78, 5) is 40.7. The third-order valence-electron chi connectivity index (χ3n) is 6.10. The van der Waals surface area contributed by atoms with Crippen molar-refractivity contribution < 1.29 is 19.1 Å². The summed E-state index contributed by atoms with van der Waals surface area (Å²) in [5.74, 6) is -0.267. The number of nitrogens with zero attached hydrogens (tertiary/aromatic N) is 2. The average Bonchev–Trinajstić information content (AvgIpc) is 3.44. The molecular formula is C25H16BrN3O6. The van der Waals surface area contributed by atoms with E-state index in [1.165, 1.54) is 19.2 Å². The van der Waals surface area contributed by atoms with E-state index in [0.717, 1.165) is 4.57 Å². The Labute approximate surface area is 204 Å². The highest BCUT2D eigenvalue weighted by molar-refractivity contribution is 9.10. The second kappa shape index (κ2) is 7.60. The molecule has 0 saturated heterocycles. The maximum Gasteiger partial charge on any atom is 0.335 e. The zero-order valence-electron chi connectivity index (χ0n) is 18.1. The van der Waals surface area contributed by atoms with Gasteiger partial charge < -0.3 is 23.8 Å². The molecule has 174 valence electrons. The monoisotopic (exact) mass is 533 g/mol. The van der Waals surface area contributed by atoms with Crippen molar-refractivity contribution in [2.45, 2.75) is 6.10 Å². The highest BCUT2D eigenvalue weighted by Crippen LogP contribution is 2.46.